The molecule has 0 saturated carbocycles. The molecule has 1 aliphatic rings. The topological polar surface area (TPSA) is 103 Å². The zero-order valence-electron chi connectivity index (χ0n) is 16.8. The van der Waals surface area contributed by atoms with Crippen LogP contribution in [-0.2, 0) is 10.0 Å². The predicted molar refractivity (Wildman–Crippen MR) is 113 cm³/mol. The van der Waals surface area contributed by atoms with Crippen LogP contribution in [0, 0.1) is 0 Å². The lowest BCUT2D eigenvalue weighted by Crippen LogP contribution is -2.33. The molecule has 9 heteroatoms. The fraction of sp³-hybridized carbons (Fsp3) is 0.500. The van der Waals surface area contributed by atoms with Crippen LogP contribution in [0.5, 0.6) is 0 Å². The first-order chi connectivity index (χ1) is 12.6. The number of sulfonamides is 1. The molecule has 0 fully saturated rings. The molecule has 1 heterocycles. The van der Waals surface area contributed by atoms with Gasteiger partial charge in [-0.05, 0) is 52.8 Å². The van der Waals surface area contributed by atoms with Crippen LogP contribution in [0.15, 0.2) is 28.3 Å². The fourth-order valence-electron chi connectivity index (χ4n) is 2.90. The Labute approximate surface area is 161 Å². The van der Waals surface area contributed by atoms with Crippen LogP contribution in [-0.4, -0.2) is 55.7 Å². The van der Waals surface area contributed by atoms with Crippen LogP contribution in [0.1, 0.15) is 34.6 Å². The van der Waals surface area contributed by atoms with Gasteiger partial charge in [0.15, 0.2) is 5.71 Å². The number of anilines is 2. The highest BCUT2D eigenvalue weighted by atomic mass is 32.2. The van der Waals surface area contributed by atoms with Crippen LogP contribution >= 0.6 is 0 Å². The first kappa shape index (κ1) is 20.9. The molecule has 0 bridgehead atoms. The van der Waals surface area contributed by atoms with Gasteiger partial charge in [-0.3, -0.25) is 10.5 Å². The van der Waals surface area contributed by atoms with Crippen LogP contribution in [0.4, 0.5) is 17.1 Å². The molecule has 0 spiro atoms. The molecule has 0 aromatic heterocycles. The zero-order chi connectivity index (χ0) is 20.4. The molecule has 3 N–H and O–H groups in total. The number of benzene rings is 1. The number of nitrogens with zero attached hydrogens (tertiary/aromatic N) is 4. The molecule has 0 saturated heterocycles. The third-order valence-electron chi connectivity index (χ3n) is 4.22. The average Bonchev–Trinajstić information content (AvgIpc) is 2.85. The number of nitrogens with one attached hydrogen (secondary N) is 1. The van der Waals surface area contributed by atoms with E-state index in [1.165, 1.54) is 0 Å². The molecule has 8 nitrogen and oxygen atoms in total. The lowest BCUT2D eigenvalue weighted by Gasteiger charge is -2.22. The van der Waals surface area contributed by atoms with Crippen LogP contribution in [0.25, 0.3) is 0 Å². The molecule has 148 valence electrons. The molecule has 1 aromatic carbocycles. The number of amidine groups is 1. The molecule has 27 heavy (non-hydrogen) atoms. The van der Waals surface area contributed by atoms with Crippen molar-refractivity contribution in [2.24, 2.45) is 15.8 Å². The monoisotopic (exact) mass is 393 g/mol. The van der Waals surface area contributed by atoms with Gasteiger partial charge in [0.25, 0.3) is 0 Å². The maximum atomic E-state index is 11.8. The van der Waals surface area contributed by atoms with Crippen molar-refractivity contribution in [3.63, 3.8) is 0 Å². The summed E-state index contributed by atoms with van der Waals surface area (Å²) in [6, 6.07) is 5.63. The van der Waals surface area contributed by atoms with E-state index < -0.39 is 10.0 Å². The van der Waals surface area contributed by atoms with E-state index in [9.17, 15) is 8.42 Å². The molecule has 1 aliphatic heterocycles. The van der Waals surface area contributed by atoms with Gasteiger partial charge in [0.05, 0.1) is 17.6 Å². The first-order valence-electron chi connectivity index (χ1n) is 9.00. The van der Waals surface area contributed by atoms with E-state index >= 15 is 0 Å². The highest BCUT2D eigenvalue weighted by molar-refractivity contribution is 7.92. The number of nitrogens with two attached hydrogens (primary N) is 1. The molecular weight excluding hydrogens is 364 g/mol. The van der Waals surface area contributed by atoms with Gasteiger partial charge in [-0.2, -0.15) is 0 Å². The van der Waals surface area contributed by atoms with Crippen LogP contribution < -0.4 is 15.4 Å². The van der Waals surface area contributed by atoms with E-state index in [2.05, 4.69) is 33.6 Å². The van der Waals surface area contributed by atoms with Crippen molar-refractivity contribution in [2.45, 2.75) is 40.7 Å². The third kappa shape index (κ3) is 4.85. The van der Waals surface area contributed by atoms with E-state index in [0.29, 0.717) is 28.6 Å². The highest BCUT2D eigenvalue weighted by Crippen LogP contribution is 2.31. The quantitative estimate of drug-likeness (QED) is 0.693. The summed E-state index contributed by atoms with van der Waals surface area (Å²) in [5.74, 6) is 0.459. The molecule has 0 aliphatic carbocycles. The fourth-order valence-corrected chi connectivity index (χ4v) is 3.46. The number of rotatable bonds is 7. The number of hydrazone groups is 1. The second-order valence-corrected chi connectivity index (χ2v) is 8.47. The Morgan fingerprint density at radius 1 is 1.30 bits per heavy atom. The van der Waals surface area contributed by atoms with E-state index in [4.69, 9.17) is 5.73 Å². The zero-order valence-corrected chi connectivity index (χ0v) is 17.6. The molecular formula is C18H29N6O2S+. The maximum absolute atomic E-state index is 11.8. The van der Waals surface area contributed by atoms with Gasteiger partial charge in [0.1, 0.15) is 11.8 Å². The number of hydrogen-bond donors (Lipinski definition) is 2. The van der Waals surface area contributed by atoms with Gasteiger partial charge in [0.2, 0.25) is 10.0 Å². The average molecular weight is 394 g/mol. The lowest BCUT2D eigenvalue weighted by molar-refractivity contribution is -0.561. The largest absolute Gasteiger partial charge is 0.372 e. The Bertz CT molecular complexity index is 912. The molecule has 2 rings (SSSR count). The normalized spacial score (nSPS) is 16.3. The van der Waals surface area contributed by atoms with Gasteiger partial charge >= 0.3 is 5.84 Å². The van der Waals surface area contributed by atoms with E-state index in [0.717, 1.165) is 25.0 Å². The van der Waals surface area contributed by atoms with Crippen molar-refractivity contribution in [2.75, 3.05) is 29.0 Å². The SMILES string of the molecule is CCN(CC)c1ccc(N=C2C(C)=N[N+](C(C)C)=C2N)c(NS(C)(=O)=O)c1. The highest BCUT2D eigenvalue weighted by Gasteiger charge is 2.29. The predicted octanol–water partition coefficient (Wildman–Crippen LogP) is 2.14. The van der Waals surface area contributed by atoms with E-state index in [1.54, 1.807) is 16.8 Å². The minimum absolute atomic E-state index is 0.103. The van der Waals surface area contributed by atoms with Gasteiger partial charge in [-0.15, -0.1) is 4.68 Å². The second-order valence-electron chi connectivity index (χ2n) is 6.72. The Balaban J connectivity index is 2.58. The second kappa shape index (κ2) is 8.08. The molecule has 0 unspecified atom stereocenters. The van der Waals surface area contributed by atoms with Gasteiger partial charge in [-0.25, -0.2) is 13.4 Å². The minimum atomic E-state index is -3.46. The Morgan fingerprint density at radius 2 is 1.93 bits per heavy atom. The lowest BCUT2D eigenvalue weighted by atomic mass is 10.2. The summed E-state index contributed by atoms with van der Waals surface area (Å²) < 4.78 is 28.0. The van der Waals surface area contributed by atoms with Gasteiger partial charge < -0.3 is 4.90 Å². The van der Waals surface area contributed by atoms with Crippen molar-refractivity contribution in [1.29, 1.82) is 0 Å². The molecule has 1 aromatic rings. The van der Waals surface area contributed by atoms with Crippen molar-refractivity contribution in [3.8, 4) is 0 Å². The molecule has 0 atom stereocenters. The van der Waals surface area contributed by atoms with Crippen molar-refractivity contribution >= 4 is 44.3 Å². The summed E-state index contributed by atoms with van der Waals surface area (Å²) in [7, 11) is -3.46. The van der Waals surface area contributed by atoms with Crippen LogP contribution in [0.2, 0.25) is 0 Å². The van der Waals surface area contributed by atoms with E-state index in [1.807, 2.05) is 26.8 Å². The Morgan fingerprint density at radius 3 is 2.41 bits per heavy atom. The van der Waals surface area contributed by atoms with Crippen molar-refractivity contribution in [3.05, 3.63) is 18.2 Å². The number of aliphatic imine (C=N–C) groups is 1. The van der Waals surface area contributed by atoms with Crippen molar-refractivity contribution in [1.82, 2.24) is 0 Å². The Kier molecular flexibility index (Phi) is 6.25. The summed E-state index contributed by atoms with van der Waals surface area (Å²) in [6.07, 6.45) is 1.12. The summed E-state index contributed by atoms with van der Waals surface area (Å²) in [5.41, 5.74) is 9.29. The summed E-state index contributed by atoms with van der Waals surface area (Å²) >= 11 is 0. The van der Waals surface area contributed by atoms with Crippen LogP contribution in [0.3, 0.4) is 0 Å². The molecule has 0 radical (unpaired) electrons. The van der Waals surface area contributed by atoms with Crippen molar-refractivity contribution < 1.29 is 13.1 Å². The maximum Gasteiger partial charge on any atom is 0.321 e. The minimum Gasteiger partial charge on any atom is -0.372 e. The summed E-state index contributed by atoms with van der Waals surface area (Å²) in [6.45, 7) is 11.6. The van der Waals surface area contributed by atoms with Gasteiger partial charge in [0, 0.05) is 18.8 Å². The standard InChI is InChI=1S/C18H28N6O2S/c1-7-23(8-2)14-9-10-15(16(11-14)22-27(6,25)26)20-17-13(5)21-24(12(3)4)18(17)19/h9-12H,7-8H2,1-6H3,(H2,19,21,22)/p+1. The third-order valence-corrected chi connectivity index (χ3v) is 4.81. The first-order valence-corrected chi connectivity index (χ1v) is 10.9. The van der Waals surface area contributed by atoms with Gasteiger partial charge in [-0.1, -0.05) is 5.10 Å². The smallest absolute Gasteiger partial charge is 0.321 e. The summed E-state index contributed by atoms with van der Waals surface area (Å²) in [5, 5.41) is 4.43. The van der Waals surface area contributed by atoms with E-state index in [-0.39, 0.29) is 6.04 Å². The summed E-state index contributed by atoms with van der Waals surface area (Å²) in [4.78, 5) is 6.76. The Hall–Kier alpha value is -2.42. The molecule has 0 amide bonds. The number of hydrogen-bond acceptors (Lipinski definition) is 6.